The predicted molar refractivity (Wildman–Crippen MR) is 29.3 cm³/mol. The van der Waals surface area contributed by atoms with Crippen LogP contribution in [0.2, 0.25) is 0 Å². The molecule has 0 aliphatic rings. The van der Waals surface area contributed by atoms with Crippen LogP contribution in [-0.2, 0) is 9.16 Å². The van der Waals surface area contributed by atoms with Gasteiger partial charge in [-0.2, -0.15) is 0 Å². The maximum Gasteiger partial charge on any atom is 0.249 e. The lowest BCUT2D eigenvalue weighted by molar-refractivity contribution is -0.0319. The summed E-state index contributed by atoms with van der Waals surface area (Å²) in [7, 11) is 4.25. The Labute approximate surface area is 52.1 Å². The summed E-state index contributed by atoms with van der Waals surface area (Å²) in [5.74, 6) is 0. The Morgan fingerprint density at radius 1 is 1.75 bits per heavy atom. The third kappa shape index (κ3) is 4.26. The second-order valence-electron chi connectivity index (χ2n) is 1.35. The summed E-state index contributed by atoms with van der Waals surface area (Å²) < 4.78 is 8.99. The van der Waals surface area contributed by atoms with Crippen molar-refractivity contribution in [2.24, 2.45) is 0 Å². The van der Waals surface area contributed by atoms with Gasteiger partial charge in [-0.15, -0.1) is 0 Å². The van der Waals surface area contributed by atoms with Crippen LogP contribution in [0, 0.1) is 0 Å². The van der Waals surface area contributed by atoms with Gasteiger partial charge in [0.05, 0.1) is 6.61 Å². The number of methoxy groups -OCH3 is 1. The fourth-order valence-corrected chi connectivity index (χ4v) is 0.395. The number of aliphatic hydroxyl groups excluding tert-OH is 1. The lowest BCUT2D eigenvalue weighted by Gasteiger charge is -2.05. The summed E-state index contributed by atoms with van der Waals surface area (Å²) in [5.41, 5.74) is 0. The minimum absolute atomic E-state index is 0.486. The number of hydrogen-bond donors (Lipinski definition) is 1. The highest BCUT2D eigenvalue weighted by atomic mass is 28.2. The Balaban J connectivity index is 2.86. The van der Waals surface area contributed by atoms with Crippen molar-refractivity contribution in [3.63, 3.8) is 0 Å². The number of hydrogen-bond acceptors (Lipinski definition) is 3. The van der Waals surface area contributed by atoms with Crippen molar-refractivity contribution in [3.8, 4) is 0 Å². The van der Waals surface area contributed by atoms with E-state index < -0.39 is 6.29 Å². The molecule has 0 heterocycles. The van der Waals surface area contributed by atoms with E-state index in [0.717, 1.165) is 0 Å². The first-order valence-electron chi connectivity index (χ1n) is 2.30. The fourth-order valence-electron chi connectivity index (χ4n) is 0.278. The van der Waals surface area contributed by atoms with E-state index in [1.165, 1.54) is 0 Å². The van der Waals surface area contributed by atoms with E-state index in [1.807, 2.05) is 0 Å². The summed E-state index contributed by atoms with van der Waals surface area (Å²) in [4.78, 5) is 0. The normalized spacial score (nSPS) is 13.9. The largest absolute Gasteiger partial charge is 0.394 e. The van der Waals surface area contributed by atoms with E-state index in [-0.39, 0.29) is 0 Å². The lowest BCUT2D eigenvalue weighted by atomic mass is 10.4. The molecule has 0 amide bonds. The first kappa shape index (κ1) is 8.10. The van der Waals surface area contributed by atoms with Gasteiger partial charge < -0.3 is 14.3 Å². The Bertz CT molecular complexity index is 50.5. The van der Waals surface area contributed by atoms with E-state index in [9.17, 15) is 0 Å². The van der Waals surface area contributed by atoms with Gasteiger partial charge >= 0.3 is 0 Å². The third-order valence-electron chi connectivity index (χ3n) is 0.705. The topological polar surface area (TPSA) is 38.7 Å². The average molecular weight is 133 g/mol. The molecule has 0 rings (SSSR count). The quantitative estimate of drug-likeness (QED) is 0.413. The van der Waals surface area contributed by atoms with Crippen molar-refractivity contribution in [2.75, 3.05) is 13.7 Å². The Hall–Kier alpha value is 0.0969. The summed E-state index contributed by atoms with van der Waals surface area (Å²) in [6.07, 6.45) is -0.272. The van der Waals surface area contributed by atoms with E-state index in [2.05, 4.69) is 19.6 Å². The summed E-state index contributed by atoms with van der Waals surface area (Å²) >= 11 is 0. The monoisotopic (exact) mass is 133 g/mol. The molecule has 0 aliphatic carbocycles. The first-order chi connectivity index (χ1) is 3.81. The minimum atomic E-state index is -0.758. The molecule has 3 radical (unpaired) electrons. The zero-order chi connectivity index (χ0) is 6.41. The van der Waals surface area contributed by atoms with Crippen molar-refractivity contribution in [1.29, 1.82) is 0 Å². The molecule has 0 spiro atoms. The van der Waals surface area contributed by atoms with Crippen LogP contribution >= 0.6 is 0 Å². The molecule has 0 aromatic carbocycles. The lowest BCUT2D eigenvalue weighted by Crippen LogP contribution is -2.11. The molecule has 0 fully saturated rings. The molecule has 1 N–H and O–H groups in total. The Morgan fingerprint density at radius 2 is 2.38 bits per heavy atom. The van der Waals surface area contributed by atoms with Gasteiger partial charge in [-0.3, -0.25) is 0 Å². The Morgan fingerprint density at radius 3 is 2.75 bits per heavy atom. The van der Waals surface area contributed by atoms with E-state index in [1.54, 1.807) is 7.11 Å². The second-order valence-corrected chi connectivity index (χ2v) is 1.59. The van der Waals surface area contributed by atoms with Crippen molar-refractivity contribution < 1.29 is 14.3 Å². The van der Waals surface area contributed by atoms with Crippen molar-refractivity contribution in [1.82, 2.24) is 0 Å². The molecule has 1 atom stereocenters. The van der Waals surface area contributed by atoms with Crippen LogP contribution in [0.5, 0.6) is 0 Å². The first-order valence-corrected chi connectivity index (χ1v) is 2.71. The van der Waals surface area contributed by atoms with Gasteiger partial charge in [-0.1, -0.05) is 0 Å². The molecule has 0 aromatic heterocycles. The SMILES string of the molecule is COCCC(O)O[Si]. The second kappa shape index (κ2) is 5.24. The predicted octanol–water partition coefficient (Wildman–Crippen LogP) is -0.559. The highest BCUT2D eigenvalue weighted by Gasteiger charge is 1.97. The third-order valence-corrected chi connectivity index (χ3v) is 0.977. The summed E-state index contributed by atoms with van der Waals surface area (Å²) in [6, 6.07) is 0. The maximum absolute atomic E-state index is 8.64. The van der Waals surface area contributed by atoms with Gasteiger partial charge in [-0.05, 0) is 0 Å². The molecule has 0 bridgehead atoms. The van der Waals surface area contributed by atoms with Crippen LogP contribution in [0.15, 0.2) is 0 Å². The highest BCUT2D eigenvalue weighted by molar-refractivity contribution is 5.98. The van der Waals surface area contributed by atoms with Gasteiger partial charge in [0, 0.05) is 13.5 Å². The van der Waals surface area contributed by atoms with Crippen LogP contribution in [0.3, 0.4) is 0 Å². The van der Waals surface area contributed by atoms with Crippen LogP contribution in [0.1, 0.15) is 6.42 Å². The molecule has 8 heavy (non-hydrogen) atoms. The molecule has 4 heteroatoms. The molecule has 0 saturated carbocycles. The van der Waals surface area contributed by atoms with Gasteiger partial charge in [0.15, 0.2) is 0 Å². The molecule has 0 aliphatic heterocycles. The van der Waals surface area contributed by atoms with Gasteiger partial charge in [0.2, 0.25) is 10.5 Å². The molecular formula is C4H9O3Si. The van der Waals surface area contributed by atoms with Crippen molar-refractivity contribution in [3.05, 3.63) is 0 Å². The van der Waals surface area contributed by atoms with Crippen LogP contribution in [0.4, 0.5) is 0 Å². The van der Waals surface area contributed by atoms with E-state index >= 15 is 0 Å². The van der Waals surface area contributed by atoms with Gasteiger partial charge in [-0.25, -0.2) is 0 Å². The Kier molecular flexibility index (Phi) is 5.30. The van der Waals surface area contributed by atoms with Crippen LogP contribution in [-0.4, -0.2) is 35.6 Å². The molecular weight excluding hydrogens is 124 g/mol. The van der Waals surface area contributed by atoms with Crippen LogP contribution < -0.4 is 0 Å². The fraction of sp³-hybridized carbons (Fsp3) is 1.00. The molecule has 0 aromatic rings. The molecule has 3 nitrogen and oxygen atoms in total. The van der Waals surface area contributed by atoms with Crippen molar-refractivity contribution in [2.45, 2.75) is 12.7 Å². The van der Waals surface area contributed by atoms with Gasteiger partial charge in [0.25, 0.3) is 0 Å². The zero-order valence-corrected chi connectivity index (χ0v) is 5.76. The zero-order valence-electron chi connectivity index (χ0n) is 4.76. The summed E-state index contributed by atoms with van der Waals surface area (Å²) in [6.45, 7) is 0.506. The standard InChI is InChI=1S/C4H9O3Si/c1-6-3-2-4(5)7-8/h4-5H,2-3H2,1H3. The minimum Gasteiger partial charge on any atom is -0.394 e. The highest BCUT2D eigenvalue weighted by Crippen LogP contribution is 1.89. The van der Waals surface area contributed by atoms with Crippen molar-refractivity contribution >= 4 is 10.5 Å². The summed E-state index contributed by atoms with van der Waals surface area (Å²) in [5, 5.41) is 8.64. The number of aliphatic hydroxyl groups is 1. The molecule has 0 saturated heterocycles. The smallest absolute Gasteiger partial charge is 0.249 e. The number of rotatable bonds is 4. The number of ether oxygens (including phenoxy) is 1. The maximum atomic E-state index is 8.64. The van der Waals surface area contributed by atoms with E-state index in [4.69, 9.17) is 5.11 Å². The van der Waals surface area contributed by atoms with Gasteiger partial charge in [0.1, 0.15) is 6.29 Å². The van der Waals surface area contributed by atoms with Crippen LogP contribution in [0.25, 0.3) is 0 Å². The average Bonchev–Trinajstić information content (AvgIpc) is 1.83. The molecule has 1 unspecified atom stereocenters. The molecule has 47 valence electrons. The van der Waals surface area contributed by atoms with E-state index in [0.29, 0.717) is 13.0 Å².